The van der Waals surface area contributed by atoms with Crippen molar-refractivity contribution in [3.63, 3.8) is 0 Å². The smallest absolute Gasteiger partial charge is 0.298 e. The van der Waals surface area contributed by atoms with Gasteiger partial charge in [-0.15, -0.1) is 0 Å². The molecule has 1 amide bonds. The topological polar surface area (TPSA) is 58.4 Å². The molecule has 2 saturated heterocycles. The summed E-state index contributed by atoms with van der Waals surface area (Å²) in [6, 6.07) is 7.04. The van der Waals surface area contributed by atoms with Gasteiger partial charge < -0.3 is 14.6 Å². The van der Waals surface area contributed by atoms with Crippen molar-refractivity contribution in [1.82, 2.24) is 10.3 Å². The van der Waals surface area contributed by atoms with E-state index in [1.165, 1.54) is 5.56 Å². The second-order valence-corrected chi connectivity index (χ2v) is 8.69. The Kier molecular flexibility index (Phi) is 3.78. The molecule has 0 saturated carbocycles. The number of oxazole rings is 1. The molecule has 134 valence electrons. The Hall–Kier alpha value is -2.04. The zero-order chi connectivity index (χ0) is 17.7. The van der Waals surface area contributed by atoms with Gasteiger partial charge in [0.2, 0.25) is 5.91 Å². The van der Waals surface area contributed by atoms with Crippen molar-refractivity contribution in [3.05, 3.63) is 23.8 Å². The molecule has 0 atom stereocenters. The number of nitrogens with zero attached hydrogens (tertiary/aromatic N) is 2. The minimum Gasteiger partial charge on any atom is -0.423 e. The molecule has 2 aliphatic rings. The van der Waals surface area contributed by atoms with Crippen LogP contribution < -0.4 is 10.2 Å². The first kappa shape index (κ1) is 16.4. The Labute approximate surface area is 148 Å². The molecular weight excluding hydrogens is 314 g/mol. The van der Waals surface area contributed by atoms with E-state index in [1.807, 2.05) is 6.07 Å². The second kappa shape index (κ2) is 5.75. The fourth-order valence-corrected chi connectivity index (χ4v) is 3.96. The van der Waals surface area contributed by atoms with Crippen molar-refractivity contribution in [1.29, 1.82) is 0 Å². The third-order valence-electron chi connectivity index (χ3n) is 5.88. The molecule has 2 aliphatic heterocycles. The number of benzene rings is 1. The monoisotopic (exact) mass is 341 g/mol. The van der Waals surface area contributed by atoms with Gasteiger partial charge in [-0.1, -0.05) is 26.8 Å². The van der Waals surface area contributed by atoms with Crippen molar-refractivity contribution >= 4 is 23.0 Å². The van der Waals surface area contributed by atoms with Crippen LogP contribution in [-0.4, -0.2) is 30.5 Å². The Bertz CT molecular complexity index is 783. The molecule has 1 aromatic carbocycles. The van der Waals surface area contributed by atoms with Gasteiger partial charge in [0.25, 0.3) is 6.01 Å². The van der Waals surface area contributed by atoms with Crippen LogP contribution in [0.5, 0.6) is 0 Å². The number of rotatable bonds is 1. The Morgan fingerprint density at radius 2 is 1.96 bits per heavy atom. The van der Waals surface area contributed by atoms with Crippen LogP contribution in [0, 0.1) is 5.41 Å². The van der Waals surface area contributed by atoms with Crippen LogP contribution in [0.4, 0.5) is 6.01 Å². The van der Waals surface area contributed by atoms with Crippen LogP contribution in [-0.2, 0) is 10.2 Å². The maximum Gasteiger partial charge on any atom is 0.298 e. The van der Waals surface area contributed by atoms with Gasteiger partial charge in [-0.3, -0.25) is 4.79 Å². The maximum absolute atomic E-state index is 11.4. The van der Waals surface area contributed by atoms with E-state index in [4.69, 9.17) is 9.40 Å². The fraction of sp³-hybridized carbons (Fsp3) is 0.600. The molecule has 1 spiro atoms. The third-order valence-corrected chi connectivity index (χ3v) is 5.88. The molecule has 1 N–H and O–H groups in total. The molecule has 0 aliphatic carbocycles. The maximum atomic E-state index is 11.4. The Morgan fingerprint density at radius 3 is 2.60 bits per heavy atom. The first-order chi connectivity index (χ1) is 11.8. The predicted octanol–water partition coefficient (Wildman–Crippen LogP) is 3.62. The molecule has 0 unspecified atom stereocenters. The molecule has 25 heavy (non-hydrogen) atoms. The first-order valence-corrected chi connectivity index (χ1v) is 9.28. The van der Waals surface area contributed by atoms with Gasteiger partial charge in [0.15, 0.2) is 5.58 Å². The molecule has 0 radical (unpaired) electrons. The van der Waals surface area contributed by atoms with Crippen LogP contribution in [0.3, 0.4) is 0 Å². The van der Waals surface area contributed by atoms with E-state index in [1.54, 1.807) is 0 Å². The summed E-state index contributed by atoms with van der Waals surface area (Å²) in [6.45, 7) is 9.33. The molecule has 4 rings (SSSR count). The first-order valence-electron chi connectivity index (χ1n) is 9.28. The molecule has 0 bridgehead atoms. The summed E-state index contributed by atoms with van der Waals surface area (Å²) in [5, 5.41) is 3.04. The Balaban J connectivity index is 1.50. The van der Waals surface area contributed by atoms with Gasteiger partial charge in [0, 0.05) is 26.1 Å². The highest BCUT2D eigenvalue weighted by molar-refractivity contribution is 5.77. The number of nitrogens with one attached hydrogen (secondary N) is 1. The number of aromatic nitrogens is 1. The van der Waals surface area contributed by atoms with E-state index < -0.39 is 0 Å². The van der Waals surface area contributed by atoms with Crippen molar-refractivity contribution in [2.75, 3.05) is 24.5 Å². The van der Waals surface area contributed by atoms with E-state index in [0.29, 0.717) is 6.42 Å². The molecule has 2 fully saturated rings. The lowest BCUT2D eigenvalue weighted by Gasteiger charge is -2.43. The van der Waals surface area contributed by atoms with E-state index in [-0.39, 0.29) is 16.7 Å². The number of carbonyl (C=O) groups excluding carboxylic acids is 1. The van der Waals surface area contributed by atoms with Crippen LogP contribution in [0.2, 0.25) is 0 Å². The van der Waals surface area contributed by atoms with Crippen LogP contribution >= 0.6 is 0 Å². The van der Waals surface area contributed by atoms with Crippen LogP contribution in [0.1, 0.15) is 52.0 Å². The number of hydrogen-bond donors (Lipinski definition) is 1. The summed E-state index contributed by atoms with van der Waals surface area (Å²) in [4.78, 5) is 18.4. The summed E-state index contributed by atoms with van der Waals surface area (Å²) in [5.74, 6) is 0.196. The number of anilines is 1. The summed E-state index contributed by atoms with van der Waals surface area (Å²) in [6.07, 6.45) is 3.84. The third kappa shape index (κ3) is 3.12. The van der Waals surface area contributed by atoms with Gasteiger partial charge in [0.1, 0.15) is 5.52 Å². The van der Waals surface area contributed by atoms with E-state index >= 15 is 0 Å². The second-order valence-electron chi connectivity index (χ2n) is 8.69. The molecular formula is C20H27N3O2. The van der Waals surface area contributed by atoms with Crippen molar-refractivity contribution in [3.8, 4) is 0 Å². The van der Waals surface area contributed by atoms with Crippen LogP contribution in [0.15, 0.2) is 22.6 Å². The van der Waals surface area contributed by atoms with E-state index in [2.05, 4.69) is 43.1 Å². The van der Waals surface area contributed by atoms with Crippen molar-refractivity contribution in [2.24, 2.45) is 5.41 Å². The average molecular weight is 341 g/mol. The highest BCUT2D eigenvalue weighted by Gasteiger charge is 2.38. The zero-order valence-corrected chi connectivity index (χ0v) is 15.4. The lowest BCUT2D eigenvalue weighted by Crippen LogP contribution is -2.49. The van der Waals surface area contributed by atoms with Crippen molar-refractivity contribution < 1.29 is 9.21 Å². The molecule has 5 nitrogen and oxygen atoms in total. The minimum atomic E-state index is 0.107. The lowest BCUT2D eigenvalue weighted by atomic mass is 9.73. The lowest BCUT2D eigenvalue weighted by molar-refractivity contribution is -0.124. The Morgan fingerprint density at radius 1 is 1.20 bits per heavy atom. The molecule has 5 heteroatoms. The molecule has 2 aromatic rings. The number of piperidine rings is 2. The summed E-state index contributed by atoms with van der Waals surface area (Å²) >= 11 is 0. The van der Waals surface area contributed by atoms with Crippen molar-refractivity contribution in [2.45, 2.75) is 51.9 Å². The zero-order valence-electron chi connectivity index (χ0n) is 15.4. The van der Waals surface area contributed by atoms with Gasteiger partial charge in [-0.25, -0.2) is 0 Å². The number of fused-ring (bicyclic) bond motifs is 1. The van der Waals surface area contributed by atoms with Gasteiger partial charge in [0.05, 0.1) is 0 Å². The van der Waals surface area contributed by atoms with E-state index in [9.17, 15) is 4.79 Å². The highest BCUT2D eigenvalue weighted by atomic mass is 16.4. The summed E-state index contributed by atoms with van der Waals surface area (Å²) in [7, 11) is 0. The predicted molar refractivity (Wildman–Crippen MR) is 98.8 cm³/mol. The highest BCUT2D eigenvalue weighted by Crippen LogP contribution is 2.39. The van der Waals surface area contributed by atoms with Crippen LogP contribution in [0.25, 0.3) is 11.1 Å². The fourth-order valence-electron chi connectivity index (χ4n) is 3.96. The molecule has 3 heterocycles. The van der Waals surface area contributed by atoms with Gasteiger partial charge >= 0.3 is 0 Å². The van der Waals surface area contributed by atoms with Gasteiger partial charge in [-0.05, 0) is 47.8 Å². The largest absolute Gasteiger partial charge is 0.423 e. The number of carbonyl (C=O) groups is 1. The number of amides is 1. The number of hydrogen-bond acceptors (Lipinski definition) is 4. The quantitative estimate of drug-likeness (QED) is 0.861. The summed E-state index contributed by atoms with van der Waals surface area (Å²) < 4.78 is 6.01. The standard InChI is InChI=1S/C20H27N3O2/c1-19(2,3)14-4-5-16-15(12-14)22-18(25-16)23-10-8-20(9-11-23)7-6-17(24)21-13-20/h4-5,12H,6-11,13H2,1-3H3,(H,21,24). The normalized spacial score (nSPS) is 20.9. The molecule has 1 aromatic heterocycles. The average Bonchev–Trinajstić information content (AvgIpc) is 3.01. The minimum absolute atomic E-state index is 0.107. The SMILES string of the molecule is CC(C)(C)c1ccc2oc(N3CCC4(CCC(=O)NC4)CC3)nc2c1. The van der Waals surface area contributed by atoms with Gasteiger partial charge in [-0.2, -0.15) is 4.98 Å². The van der Waals surface area contributed by atoms with E-state index in [0.717, 1.165) is 56.0 Å². The summed E-state index contributed by atoms with van der Waals surface area (Å²) in [5.41, 5.74) is 3.45.